The summed E-state index contributed by atoms with van der Waals surface area (Å²) in [4.78, 5) is 6.84. The fourth-order valence-electron chi connectivity index (χ4n) is 2.46. The number of ether oxygens (including phenoxy) is 2. The van der Waals surface area contributed by atoms with Gasteiger partial charge in [0.15, 0.2) is 5.96 Å². The van der Waals surface area contributed by atoms with Gasteiger partial charge in [0.25, 0.3) is 0 Å². The number of guanidine groups is 1. The number of nitrogens with zero attached hydrogens (tertiary/aromatic N) is 2. The average molecular weight is 496 g/mol. The first kappa shape index (κ1) is 26.0. The van der Waals surface area contributed by atoms with E-state index in [9.17, 15) is 4.39 Å². The van der Waals surface area contributed by atoms with E-state index in [2.05, 4.69) is 27.6 Å². The molecule has 0 heterocycles. The molecule has 0 bridgehead atoms. The van der Waals surface area contributed by atoms with Gasteiger partial charge in [-0.25, -0.2) is 9.38 Å². The average Bonchev–Trinajstić information content (AvgIpc) is 2.62. The lowest BCUT2D eigenvalue weighted by Gasteiger charge is -2.18. The number of nitrogens with one attached hydrogen (secondary N) is 2. The summed E-state index contributed by atoms with van der Waals surface area (Å²) >= 11 is 0. The van der Waals surface area contributed by atoms with Crippen molar-refractivity contribution in [3.05, 3.63) is 35.1 Å². The maximum Gasteiger partial charge on any atom is 0.191 e. The first-order chi connectivity index (χ1) is 12.6. The second kappa shape index (κ2) is 16.0. The summed E-state index contributed by atoms with van der Waals surface area (Å²) in [6.45, 7) is 7.06. The highest BCUT2D eigenvalue weighted by atomic mass is 127. The molecule has 0 unspecified atom stereocenters. The quantitative estimate of drug-likeness (QED) is 0.202. The van der Waals surface area contributed by atoms with Crippen LogP contribution in [0.3, 0.4) is 0 Å². The second-order valence-electron chi connectivity index (χ2n) is 6.13. The summed E-state index contributed by atoms with van der Waals surface area (Å²) in [5.74, 6) is 0.511. The van der Waals surface area contributed by atoms with Crippen LogP contribution in [0.2, 0.25) is 0 Å². The van der Waals surface area contributed by atoms with Gasteiger partial charge in [-0.05, 0) is 38.1 Å². The lowest BCUT2D eigenvalue weighted by molar-refractivity contribution is 0.180. The molecule has 0 saturated heterocycles. The van der Waals surface area contributed by atoms with Crippen LogP contribution in [0.25, 0.3) is 0 Å². The molecular weight excluding hydrogens is 462 g/mol. The van der Waals surface area contributed by atoms with Crippen molar-refractivity contribution in [1.29, 1.82) is 0 Å². The molecule has 0 aliphatic heterocycles. The van der Waals surface area contributed by atoms with E-state index in [1.54, 1.807) is 26.4 Å². The third-order valence-corrected chi connectivity index (χ3v) is 3.85. The fraction of sp³-hybridized carbons (Fsp3) is 0.632. The minimum atomic E-state index is -0.249. The van der Waals surface area contributed by atoms with Crippen molar-refractivity contribution in [2.75, 3.05) is 54.1 Å². The molecule has 0 amide bonds. The molecule has 156 valence electrons. The lowest BCUT2D eigenvalue weighted by Crippen LogP contribution is -2.41. The van der Waals surface area contributed by atoms with Gasteiger partial charge in [-0.1, -0.05) is 6.07 Å². The smallest absolute Gasteiger partial charge is 0.191 e. The Bertz CT molecular complexity index is 546. The molecule has 0 fully saturated rings. The Balaban J connectivity index is 0.00000676. The second-order valence-corrected chi connectivity index (χ2v) is 6.13. The number of rotatable bonds is 12. The molecule has 0 saturated carbocycles. The van der Waals surface area contributed by atoms with Crippen LogP contribution in [0.15, 0.2) is 23.2 Å². The zero-order valence-corrected chi connectivity index (χ0v) is 19.2. The predicted octanol–water partition coefficient (Wildman–Crippen LogP) is 2.61. The normalized spacial score (nSPS) is 11.4. The van der Waals surface area contributed by atoms with Crippen LogP contribution in [0, 0.1) is 5.82 Å². The number of likely N-dealkylation sites (N-methyl/N-ethyl adjacent to an activating group) is 1. The summed E-state index contributed by atoms with van der Waals surface area (Å²) in [6, 6.07) is 5.02. The van der Waals surface area contributed by atoms with Crippen LogP contribution in [0.1, 0.15) is 24.5 Å². The molecule has 0 aliphatic rings. The van der Waals surface area contributed by atoms with Crippen LogP contribution in [-0.4, -0.2) is 64.9 Å². The number of aliphatic imine (C=N–C) groups is 1. The molecular formula is C19H34FIN4O2. The van der Waals surface area contributed by atoms with Crippen molar-refractivity contribution in [1.82, 2.24) is 15.5 Å². The Morgan fingerprint density at radius 1 is 1.19 bits per heavy atom. The Morgan fingerprint density at radius 2 is 1.96 bits per heavy atom. The Morgan fingerprint density at radius 3 is 2.63 bits per heavy atom. The van der Waals surface area contributed by atoms with E-state index in [1.807, 2.05) is 6.92 Å². The van der Waals surface area contributed by atoms with Crippen LogP contribution >= 0.6 is 24.0 Å². The molecule has 0 radical (unpaired) electrons. The van der Waals surface area contributed by atoms with E-state index in [0.29, 0.717) is 12.1 Å². The minimum Gasteiger partial charge on any atom is -0.385 e. The van der Waals surface area contributed by atoms with E-state index < -0.39 is 0 Å². The Hall–Kier alpha value is -0.970. The lowest BCUT2D eigenvalue weighted by atomic mass is 10.1. The van der Waals surface area contributed by atoms with Crippen molar-refractivity contribution in [3.63, 3.8) is 0 Å². The fourth-order valence-corrected chi connectivity index (χ4v) is 2.46. The van der Waals surface area contributed by atoms with Crippen molar-refractivity contribution < 1.29 is 13.9 Å². The van der Waals surface area contributed by atoms with Gasteiger partial charge in [0.2, 0.25) is 0 Å². The van der Waals surface area contributed by atoms with Gasteiger partial charge < -0.3 is 25.0 Å². The topological polar surface area (TPSA) is 58.1 Å². The highest BCUT2D eigenvalue weighted by Gasteiger charge is 2.04. The zero-order valence-electron chi connectivity index (χ0n) is 16.9. The van der Waals surface area contributed by atoms with Gasteiger partial charge in [-0.15, -0.1) is 24.0 Å². The minimum absolute atomic E-state index is 0. The summed E-state index contributed by atoms with van der Waals surface area (Å²) in [5.41, 5.74) is 1.50. The first-order valence-corrected chi connectivity index (χ1v) is 9.06. The number of hydrogen-bond acceptors (Lipinski definition) is 4. The highest BCUT2D eigenvalue weighted by molar-refractivity contribution is 14.0. The monoisotopic (exact) mass is 496 g/mol. The molecule has 1 aromatic rings. The van der Waals surface area contributed by atoms with Crippen molar-refractivity contribution in [2.45, 2.75) is 26.5 Å². The van der Waals surface area contributed by atoms with E-state index in [1.165, 1.54) is 6.07 Å². The molecule has 1 rings (SSSR count). The Labute approximate surface area is 179 Å². The van der Waals surface area contributed by atoms with E-state index in [-0.39, 0.29) is 36.4 Å². The van der Waals surface area contributed by atoms with Crippen LogP contribution in [0.5, 0.6) is 0 Å². The third kappa shape index (κ3) is 11.5. The van der Waals surface area contributed by atoms with E-state index >= 15 is 0 Å². The molecule has 0 atom stereocenters. The third-order valence-electron chi connectivity index (χ3n) is 3.85. The number of methoxy groups -OCH3 is 2. The highest BCUT2D eigenvalue weighted by Crippen LogP contribution is 2.12. The maximum atomic E-state index is 13.7. The molecule has 27 heavy (non-hydrogen) atoms. The van der Waals surface area contributed by atoms with Crippen molar-refractivity contribution in [3.8, 4) is 0 Å². The standard InChI is InChI=1S/C19H33FN4O2.HI/c1-5-21-19(22-9-11-24(2)10-6-12-25-3)23-14-16-7-8-18(20)17(13-16)15-26-4;/h7-8,13H,5-6,9-12,14-15H2,1-4H3,(H2,21,22,23);1H. The van der Waals surface area contributed by atoms with Crippen molar-refractivity contribution >= 4 is 29.9 Å². The van der Waals surface area contributed by atoms with Crippen molar-refractivity contribution in [2.24, 2.45) is 4.99 Å². The molecule has 8 heteroatoms. The van der Waals surface area contributed by atoms with Gasteiger partial charge in [0.05, 0.1) is 13.2 Å². The zero-order chi connectivity index (χ0) is 19.2. The summed E-state index contributed by atoms with van der Waals surface area (Å²) < 4.78 is 23.8. The predicted molar refractivity (Wildman–Crippen MR) is 119 cm³/mol. The maximum absolute atomic E-state index is 13.7. The summed E-state index contributed by atoms with van der Waals surface area (Å²) in [5, 5.41) is 6.56. The largest absolute Gasteiger partial charge is 0.385 e. The number of hydrogen-bond donors (Lipinski definition) is 2. The first-order valence-electron chi connectivity index (χ1n) is 9.06. The molecule has 1 aromatic carbocycles. The van der Waals surface area contributed by atoms with Gasteiger partial charge >= 0.3 is 0 Å². The Kier molecular flexibility index (Phi) is 15.5. The van der Waals surface area contributed by atoms with E-state index in [0.717, 1.165) is 50.7 Å². The molecule has 0 aliphatic carbocycles. The molecule has 6 nitrogen and oxygen atoms in total. The van der Waals surface area contributed by atoms with Gasteiger partial charge in [0, 0.05) is 52.6 Å². The molecule has 2 N–H and O–H groups in total. The summed E-state index contributed by atoms with van der Waals surface area (Å²) in [7, 11) is 5.38. The SMILES string of the molecule is CCNC(=NCc1ccc(F)c(COC)c1)NCCN(C)CCCOC.I. The van der Waals surface area contributed by atoms with E-state index in [4.69, 9.17) is 9.47 Å². The van der Waals surface area contributed by atoms with Gasteiger partial charge in [0.1, 0.15) is 5.82 Å². The van der Waals surface area contributed by atoms with Crippen LogP contribution in [-0.2, 0) is 22.6 Å². The molecule has 0 aromatic heterocycles. The van der Waals surface area contributed by atoms with Crippen LogP contribution < -0.4 is 10.6 Å². The van der Waals surface area contributed by atoms with Crippen LogP contribution in [0.4, 0.5) is 4.39 Å². The summed E-state index contributed by atoms with van der Waals surface area (Å²) in [6.07, 6.45) is 1.02. The van der Waals surface area contributed by atoms with Gasteiger partial charge in [-0.3, -0.25) is 0 Å². The number of halogens is 2. The molecule has 0 spiro atoms. The number of benzene rings is 1. The van der Waals surface area contributed by atoms with Gasteiger partial charge in [-0.2, -0.15) is 0 Å².